The van der Waals surface area contributed by atoms with Crippen molar-refractivity contribution in [1.29, 1.82) is 0 Å². The molecule has 1 rings (SSSR count). The normalized spacial score (nSPS) is 15.2. The van der Waals surface area contributed by atoms with Crippen molar-refractivity contribution in [2.75, 3.05) is 6.61 Å². The van der Waals surface area contributed by atoms with Crippen molar-refractivity contribution in [2.45, 2.75) is 38.9 Å². The molecule has 2 atom stereocenters. The predicted molar refractivity (Wildman–Crippen MR) is 56.4 cm³/mol. The van der Waals surface area contributed by atoms with Gasteiger partial charge in [-0.3, -0.25) is 4.68 Å². The third-order valence-electron chi connectivity index (χ3n) is 2.28. The van der Waals surface area contributed by atoms with Gasteiger partial charge < -0.3 is 9.84 Å². The van der Waals surface area contributed by atoms with Crippen LogP contribution in [0.1, 0.15) is 26.0 Å². The van der Waals surface area contributed by atoms with Gasteiger partial charge in [-0.1, -0.05) is 12.1 Å². The Morgan fingerprint density at radius 3 is 2.73 bits per heavy atom. The standard InChI is InChI=1S/C10H19N3O2/c1-4-10(15-5-2)9(14)6-8-7-13(3)12-11-8/h7,9-10,14H,4-6H2,1-3H3. The molecule has 0 saturated carbocycles. The van der Waals surface area contributed by atoms with Gasteiger partial charge in [-0.15, -0.1) is 5.10 Å². The van der Waals surface area contributed by atoms with E-state index in [1.54, 1.807) is 4.68 Å². The highest BCUT2D eigenvalue weighted by Gasteiger charge is 2.19. The lowest BCUT2D eigenvalue weighted by Gasteiger charge is -2.20. The molecule has 1 heterocycles. The topological polar surface area (TPSA) is 60.2 Å². The molecule has 0 bridgehead atoms. The molecule has 0 saturated heterocycles. The van der Waals surface area contributed by atoms with Crippen LogP contribution in [0.5, 0.6) is 0 Å². The van der Waals surface area contributed by atoms with Crippen molar-refractivity contribution in [3.8, 4) is 0 Å². The maximum absolute atomic E-state index is 9.90. The molecule has 5 heteroatoms. The van der Waals surface area contributed by atoms with Gasteiger partial charge in [-0.05, 0) is 13.3 Å². The summed E-state index contributed by atoms with van der Waals surface area (Å²) in [5.41, 5.74) is 0.795. The fourth-order valence-electron chi connectivity index (χ4n) is 1.55. The molecule has 0 aromatic carbocycles. The first kappa shape index (κ1) is 12.1. The van der Waals surface area contributed by atoms with Crippen molar-refractivity contribution in [2.24, 2.45) is 7.05 Å². The van der Waals surface area contributed by atoms with Crippen LogP contribution in [0.3, 0.4) is 0 Å². The van der Waals surface area contributed by atoms with E-state index in [0.29, 0.717) is 13.0 Å². The Labute approximate surface area is 90.1 Å². The largest absolute Gasteiger partial charge is 0.390 e. The molecule has 1 aromatic rings. The number of aliphatic hydroxyl groups is 1. The zero-order valence-corrected chi connectivity index (χ0v) is 9.55. The average molecular weight is 213 g/mol. The first-order valence-corrected chi connectivity index (χ1v) is 5.32. The fraction of sp³-hybridized carbons (Fsp3) is 0.800. The lowest BCUT2D eigenvalue weighted by Crippen LogP contribution is -2.30. The molecule has 15 heavy (non-hydrogen) atoms. The highest BCUT2D eigenvalue weighted by Crippen LogP contribution is 2.09. The number of aromatic nitrogens is 3. The Bertz CT molecular complexity index is 288. The van der Waals surface area contributed by atoms with Gasteiger partial charge in [0.2, 0.25) is 0 Å². The Balaban J connectivity index is 2.49. The number of aliphatic hydroxyl groups excluding tert-OH is 1. The molecule has 0 radical (unpaired) electrons. The summed E-state index contributed by atoms with van der Waals surface area (Å²) in [7, 11) is 1.81. The highest BCUT2D eigenvalue weighted by atomic mass is 16.5. The summed E-state index contributed by atoms with van der Waals surface area (Å²) >= 11 is 0. The molecule has 0 aliphatic heterocycles. The van der Waals surface area contributed by atoms with Gasteiger partial charge >= 0.3 is 0 Å². The van der Waals surface area contributed by atoms with Crippen LogP contribution in [-0.2, 0) is 18.2 Å². The molecule has 0 fully saturated rings. The van der Waals surface area contributed by atoms with Gasteiger partial charge in [0.25, 0.3) is 0 Å². The molecular formula is C10H19N3O2. The minimum Gasteiger partial charge on any atom is -0.390 e. The third-order valence-corrected chi connectivity index (χ3v) is 2.28. The lowest BCUT2D eigenvalue weighted by atomic mass is 10.1. The molecule has 5 nitrogen and oxygen atoms in total. The summed E-state index contributed by atoms with van der Waals surface area (Å²) < 4.78 is 7.06. The van der Waals surface area contributed by atoms with Crippen molar-refractivity contribution >= 4 is 0 Å². The number of rotatable bonds is 6. The highest BCUT2D eigenvalue weighted by molar-refractivity contribution is 4.95. The van der Waals surface area contributed by atoms with Gasteiger partial charge in [0.1, 0.15) is 0 Å². The summed E-state index contributed by atoms with van der Waals surface area (Å²) in [5, 5.41) is 17.6. The van der Waals surface area contributed by atoms with E-state index in [0.717, 1.165) is 12.1 Å². The van der Waals surface area contributed by atoms with Gasteiger partial charge in [0.05, 0.1) is 17.9 Å². The quantitative estimate of drug-likeness (QED) is 0.749. The maximum atomic E-state index is 9.90. The van der Waals surface area contributed by atoms with Crippen molar-refractivity contribution in [3.05, 3.63) is 11.9 Å². The maximum Gasteiger partial charge on any atom is 0.0858 e. The van der Waals surface area contributed by atoms with Crippen LogP contribution in [0.4, 0.5) is 0 Å². The molecular weight excluding hydrogens is 194 g/mol. The first-order valence-electron chi connectivity index (χ1n) is 5.32. The predicted octanol–water partition coefficient (Wildman–Crippen LogP) is 0.534. The average Bonchev–Trinajstić information content (AvgIpc) is 2.60. The second-order valence-electron chi connectivity index (χ2n) is 3.56. The smallest absolute Gasteiger partial charge is 0.0858 e. The molecule has 0 spiro atoms. The lowest BCUT2D eigenvalue weighted by molar-refractivity contribution is -0.0338. The molecule has 86 valence electrons. The molecule has 0 amide bonds. The zero-order valence-electron chi connectivity index (χ0n) is 9.55. The summed E-state index contributed by atoms with van der Waals surface area (Å²) in [6.45, 7) is 4.55. The summed E-state index contributed by atoms with van der Waals surface area (Å²) in [4.78, 5) is 0. The van der Waals surface area contributed by atoms with Gasteiger partial charge in [0.15, 0.2) is 0 Å². The van der Waals surface area contributed by atoms with Crippen LogP contribution in [-0.4, -0.2) is 38.9 Å². The number of hydrogen-bond acceptors (Lipinski definition) is 4. The molecule has 2 unspecified atom stereocenters. The number of hydrogen-bond donors (Lipinski definition) is 1. The number of aryl methyl sites for hydroxylation is 1. The van der Waals surface area contributed by atoms with Crippen LogP contribution in [0.25, 0.3) is 0 Å². The SMILES string of the molecule is CCOC(CC)C(O)Cc1cn(C)nn1. The minimum absolute atomic E-state index is 0.114. The Morgan fingerprint density at radius 1 is 1.53 bits per heavy atom. The summed E-state index contributed by atoms with van der Waals surface area (Å²) in [5.74, 6) is 0. The molecule has 0 aliphatic rings. The van der Waals surface area contributed by atoms with Gasteiger partial charge in [0, 0.05) is 26.3 Å². The fourth-order valence-corrected chi connectivity index (χ4v) is 1.55. The van der Waals surface area contributed by atoms with E-state index in [2.05, 4.69) is 10.3 Å². The van der Waals surface area contributed by atoms with E-state index >= 15 is 0 Å². The van der Waals surface area contributed by atoms with Gasteiger partial charge in [-0.2, -0.15) is 0 Å². The van der Waals surface area contributed by atoms with E-state index in [4.69, 9.17) is 4.74 Å². The Morgan fingerprint density at radius 2 is 2.27 bits per heavy atom. The third kappa shape index (κ3) is 3.60. The zero-order chi connectivity index (χ0) is 11.3. The van der Waals surface area contributed by atoms with E-state index < -0.39 is 6.10 Å². The second-order valence-corrected chi connectivity index (χ2v) is 3.56. The summed E-state index contributed by atoms with van der Waals surface area (Å²) in [6, 6.07) is 0. The summed E-state index contributed by atoms with van der Waals surface area (Å²) in [6.07, 6.45) is 2.48. The van der Waals surface area contributed by atoms with Crippen LogP contribution in [0.2, 0.25) is 0 Å². The van der Waals surface area contributed by atoms with E-state index in [9.17, 15) is 5.11 Å². The van der Waals surface area contributed by atoms with Crippen LogP contribution >= 0.6 is 0 Å². The number of nitrogens with zero attached hydrogens (tertiary/aromatic N) is 3. The van der Waals surface area contributed by atoms with E-state index in [1.807, 2.05) is 27.1 Å². The van der Waals surface area contributed by atoms with E-state index in [1.165, 1.54) is 0 Å². The van der Waals surface area contributed by atoms with Crippen molar-refractivity contribution < 1.29 is 9.84 Å². The van der Waals surface area contributed by atoms with Crippen LogP contribution < -0.4 is 0 Å². The first-order chi connectivity index (χ1) is 7.17. The second kappa shape index (κ2) is 5.82. The van der Waals surface area contributed by atoms with Crippen LogP contribution in [0.15, 0.2) is 6.20 Å². The van der Waals surface area contributed by atoms with Crippen LogP contribution in [0, 0.1) is 0 Å². The molecule has 0 aliphatic carbocycles. The molecule has 1 N–H and O–H groups in total. The van der Waals surface area contributed by atoms with Crippen molar-refractivity contribution in [3.63, 3.8) is 0 Å². The number of ether oxygens (including phenoxy) is 1. The monoisotopic (exact) mass is 213 g/mol. The minimum atomic E-state index is -0.508. The van der Waals surface area contributed by atoms with E-state index in [-0.39, 0.29) is 6.10 Å². The molecule has 1 aromatic heterocycles. The Hall–Kier alpha value is -0.940. The van der Waals surface area contributed by atoms with Gasteiger partial charge in [-0.25, -0.2) is 0 Å². The van der Waals surface area contributed by atoms with Crippen molar-refractivity contribution in [1.82, 2.24) is 15.0 Å². The Kier molecular flexibility index (Phi) is 4.71.